The summed E-state index contributed by atoms with van der Waals surface area (Å²) in [5.41, 5.74) is 3.06. The molecule has 2 aromatic rings. The first kappa shape index (κ1) is 18.9. The largest absolute Gasteiger partial charge is 0.346 e. The standard InChI is InChI=1S/C20H25N5O2S/c1-13-6-3-7-14(2)17(13)21-18(27)15-8-4-10-24(12-15)19-22-23-20(28-19)25-11-5-9-16(25)26/h3,6-7,15H,4-5,8-12H2,1-2H3,(H,21,27)/t15-/m1/s1. The summed E-state index contributed by atoms with van der Waals surface area (Å²) >= 11 is 1.44. The zero-order valence-electron chi connectivity index (χ0n) is 16.3. The first-order chi connectivity index (χ1) is 13.5. The molecule has 1 atom stereocenters. The maximum absolute atomic E-state index is 12.9. The molecule has 1 aromatic heterocycles. The van der Waals surface area contributed by atoms with E-state index in [1.807, 2.05) is 32.0 Å². The van der Waals surface area contributed by atoms with Gasteiger partial charge in [0.1, 0.15) is 0 Å². The molecule has 0 radical (unpaired) electrons. The zero-order chi connectivity index (χ0) is 19.7. The number of hydrogen-bond acceptors (Lipinski definition) is 6. The molecule has 7 nitrogen and oxygen atoms in total. The minimum atomic E-state index is -0.0893. The van der Waals surface area contributed by atoms with Gasteiger partial charge < -0.3 is 10.2 Å². The van der Waals surface area contributed by atoms with Crippen LogP contribution in [0.1, 0.15) is 36.8 Å². The molecule has 3 heterocycles. The predicted molar refractivity (Wildman–Crippen MR) is 111 cm³/mol. The van der Waals surface area contributed by atoms with Crippen LogP contribution in [0.4, 0.5) is 16.0 Å². The summed E-state index contributed by atoms with van der Waals surface area (Å²) < 4.78 is 0. The van der Waals surface area contributed by atoms with Crippen molar-refractivity contribution >= 4 is 39.1 Å². The minimum absolute atomic E-state index is 0.0570. The Labute approximate surface area is 168 Å². The Morgan fingerprint density at radius 3 is 2.61 bits per heavy atom. The Morgan fingerprint density at radius 1 is 1.14 bits per heavy atom. The number of aromatic nitrogens is 2. The molecule has 8 heteroatoms. The molecule has 0 unspecified atom stereocenters. The van der Waals surface area contributed by atoms with E-state index in [-0.39, 0.29) is 17.7 Å². The van der Waals surface area contributed by atoms with Crippen molar-refractivity contribution in [3.8, 4) is 0 Å². The lowest BCUT2D eigenvalue weighted by molar-refractivity contribution is -0.120. The SMILES string of the molecule is Cc1cccc(C)c1NC(=O)[C@@H]1CCCN(c2nnc(N3CCCC3=O)s2)C1. The summed E-state index contributed by atoms with van der Waals surface area (Å²) in [5, 5.41) is 13.1. The van der Waals surface area contributed by atoms with Crippen LogP contribution in [0.3, 0.4) is 0 Å². The Bertz CT molecular complexity index is 876. The van der Waals surface area contributed by atoms with Crippen LogP contribution in [-0.2, 0) is 9.59 Å². The third kappa shape index (κ3) is 3.73. The highest BCUT2D eigenvalue weighted by Crippen LogP contribution is 2.32. The van der Waals surface area contributed by atoms with Gasteiger partial charge in [-0.05, 0) is 44.2 Å². The van der Waals surface area contributed by atoms with E-state index in [2.05, 4.69) is 20.4 Å². The van der Waals surface area contributed by atoms with Gasteiger partial charge in [0.05, 0.1) is 5.92 Å². The molecule has 2 saturated heterocycles. The van der Waals surface area contributed by atoms with Gasteiger partial charge in [0.2, 0.25) is 22.1 Å². The average molecular weight is 400 g/mol. The van der Waals surface area contributed by atoms with Gasteiger partial charge in [0.15, 0.2) is 0 Å². The molecule has 4 rings (SSSR count). The molecule has 2 aliphatic heterocycles. The number of benzene rings is 1. The lowest BCUT2D eigenvalue weighted by Crippen LogP contribution is -2.40. The monoisotopic (exact) mass is 399 g/mol. The van der Waals surface area contributed by atoms with E-state index in [0.29, 0.717) is 24.6 Å². The third-order valence-electron chi connectivity index (χ3n) is 5.50. The lowest BCUT2D eigenvalue weighted by atomic mass is 9.97. The van der Waals surface area contributed by atoms with Gasteiger partial charge in [0, 0.05) is 31.7 Å². The van der Waals surface area contributed by atoms with Crippen LogP contribution in [0, 0.1) is 19.8 Å². The topological polar surface area (TPSA) is 78.4 Å². The number of nitrogens with zero attached hydrogens (tertiary/aromatic N) is 4. The number of rotatable bonds is 4. The summed E-state index contributed by atoms with van der Waals surface area (Å²) in [5.74, 6) is 0.0854. The maximum Gasteiger partial charge on any atom is 0.229 e. The molecule has 2 fully saturated rings. The number of carbonyl (C=O) groups is 2. The van der Waals surface area contributed by atoms with Crippen LogP contribution in [0.2, 0.25) is 0 Å². The number of carbonyl (C=O) groups excluding carboxylic acids is 2. The summed E-state index contributed by atoms with van der Waals surface area (Å²) in [6.45, 7) is 6.22. The molecule has 0 spiro atoms. The van der Waals surface area contributed by atoms with Crippen molar-refractivity contribution in [1.29, 1.82) is 0 Å². The van der Waals surface area contributed by atoms with E-state index < -0.39 is 0 Å². The third-order valence-corrected chi connectivity index (χ3v) is 6.51. The fraction of sp³-hybridized carbons (Fsp3) is 0.500. The van der Waals surface area contributed by atoms with Gasteiger partial charge in [0.25, 0.3) is 0 Å². The van der Waals surface area contributed by atoms with Crippen molar-refractivity contribution in [2.45, 2.75) is 39.5 Å². The van der Waals surface area contributed by atoms with Gasteiger partial charge in [-0.2, -0.15) is 0 Å². The van der Waals surface area contributed by atoms with E-state index >= 15 is 0 Å². The molecule has 2 amide bonds. The predicted octanol–water partition coefficient (Wildman–Crippen LogP) is 3.14. The zero-order valence-corrected chi connectivity index (χ0v) is 17.1. The highest BCUT2D eigenvalue weighted by Gasteiger charge is 2.30. The van der Waals surface area contributed by atoms with Crippen LogP contribution in [-0.4, -0.2) is 41.6 Å². The second kappa shape index (κ2) is 7.87. The molecular formula is C20H25N5O2S. The maximum atomic E-state index is 12.9. The van der Waals surface area contributed by atoms with Gasteiger partial charge in [-0.3, -0.25) is 14.5 Å². The summed E-state index contributed by atoms with van der Waals surface area (Å²) in [7, 11) is 0. The molecule has 0 bridgehead atoms. The Kier molecular flexibility index (Phi) is 5.30. The highest BCUT2D eigenvalue weighted by molar-refractivity contribution is 7.19. The van der Waals surface area contributed by atoms with Gasteiger partial charge in [-0.15, -0.1) is 10.2 Å². The molecule has 148 valence electrons. The van der Waals surface area contributed by atoms with Gasteiger partial charge in [-0.1, -0.05) is 29.5 Å². The average Bonchev–Trinajstić information content (AvgIpc) is 3.33. The van der Waals surface area contributed by atoms with E-state index in [9.17, 15) is 9.59 Å². The van der Waals surface area contributed by atoms with E-state index in [0.717, 1.165) is 47.8 Å². The first-order valence-corrected chi connectivity index (χ1v) is 10.6. The lowest BCUT2D eigenvalue weighted by Gasteiger charge is -2.31. The smallest absolute Gasteiger partial charge is 0.229 e. The molecular weight excluding hydrogens is 374 g/mol. The number of nitrogens with one attached hydrogen (secondary N) is 1. The number of hydrogen-bond donors (Lipinski definition) is 1. The van der Waals surface area contributed by atoms with Crippen molar-refractivity contribution in [3.05, 3.63) is 29.3 Å². The van der Waals surface area contributed by atoms with Crippen molar-refractivity contribution in [2.24, 2.45) is 5.92 Å². The molecule has 0 saturated carbocycles. The number of piperidine rings is 1. The van der Waals surface area contributed by atoms with Crippen LogP contribution in [0.5, 0.6) is 0 Å². The highest BCUT2D eigenvalue weighted by atomic mass is 32.1. The molecule has 2 aliphatic rings. The number of para-hydroxylation sites is 1. The first-order valence-electron chi connectivity index (χ1n) is 9.79. The van der Waals surface area contributed by atoms with Crippen LogP contribution >= 0.6 is 11.3 Å². The van der Waals surface area contributed by atoms with E-state index in [1.165, 1.54) is 11.3 Å². The second-order valence-corrected chi connectivity index (χ2v) is 8.49. The summed E-state index contributed by atoms with van der Waals surface area (Å²) in [4.78, 5) is 28.7. The molecule has 28 heavy (non-hydrogen) atoms. The summed E-state index contributed by atoms with van der Waals surface area (Å²) in [6, 6.07) is 6.03. The molecule has 0 aliphatic carbocycles. The van der Waals surface area contributed by atoms with Crippen LogP contribution < -0.4 is 15.1 Å². The van der Waals surface area contributed by atoms with Crippen molar-refractivity contribution in [2.75, 3.05) is 34.8 Å². The normalized spacial score (nSPS) is 19.9. The number of amides is 2. The second-order valence-electron chi connectivity index (χ2n) is 7.56. The van der Waals surface area contributed by atoms with Crippen molar-refractivity contribution in [3.63, 3.8) is 0 Å². The van der Waals surface area contributed by atoms with Crippen molar-refractivity contribution in [1.82, 2.24) is 10.2 Å². The van der Waals surface area contributed by atoms with Crippen LogP contribution in [0.25, 0.3) is 0 Å². The Morgan fingerprint density at radius 2 is 1.89 bits per heavy atom. The quantitative estimate of drug-likeness (QED) is 0.855. The fourth-order valence-electron chi connectivity index (χ4n) is 3.90. The molecule has 1 aromatic carbocycles. The van der Waals surface area contributed by atoms with Crippen molar-refractivity contribution < 1.29 is 9.59 Å². The summed E-state index contributed by atoms with van der Waals surface area (Å²) in [6.07, 6.45) is 3.25. The van der Waals surface area contributed by atoms with Gasteiger partial charge in [-0.25, -0.2) is 0 Å². The van der Waals surface area contributed by atoms with E-state index in [4.69, 9.17) is 0 Å². The van der Waals surface area contributed by atoms with Crippen LogP contribution in [0.15, 0.2) is 18.2 Å². The molecule has 1 N–H and O–H groups in total. The van der Waals surface area contributed by atoms with Gasteiger partial charge >= 0.3 is 0 Å². The number of aryl methyl sites for hydroxylation is 2. The number of anilines is 3. The fourth-order valence-corrected chi connectivity index (χ4v) is 4.82. The Balaban J connectivity index is 1.44. The van der Waals surface area contributed by atoms with E-state index in [1.54, 1.807) is 4.90 Å². The minimum Gasteiger partial charge on any atom is -0.346 e. The Hall–Kier alpha value is -2.48.